The van der Waals surface area contributed by atoms with Gasteiger partial charge in [-0.1, -0.05) is 33.8 Å². The van der Waals surface area contributed by atoms with E-state index in [1.807, 2.05) is 0 Å². The number of benzene rings is 1. The number of hydrogen-bond acceptors (Lipinski definition) is 2. The molecule has 1 heterocycles. The van der Waals surface area contributed by atoms with E-state index in [4.69, 9.17) is 4.42 Å². The number of aryl methyl sites for hydroxylation is 1. The number of nitrogens with one attached hydrogen (secondary N) is 1. The molecule has 0 saturated heterocycles. The van der Waals surface area contributed by atoms with Gasteiger partial charge >= 0.3 is 0 Å². The largest absolute Gasteiger partial charge is 0.459 e. The second-order valence-corrected chi connectivity index (χ2v) is 5.75. The Balaban J connectivity index is 2.35. The zero-order valence-electron chi connectivity index (χ0n) is 12.7. The molecule has 2 heteroatoms. The smallest absolute Gasteiger partial charge is 0.134 e. The van der Waals surface area contributed by atoms with E-state index in [0.29, 0.717) is 12.0 Å². The Morgan fingerprint density at radius 3 is 2.58 bits per heavy atom. The van der Waals surface area contributed by atoms with E-state index in [9.17, 15) is 0 Å². The Morgan fingerprint density at radius 2 is 1.95 bits per heavy atom. The molecule has 1 aromatic heterocycles. The van der Waals surface area contributed by atoms with Crippen molar-refractivity contribution in [1.82, 2.24) is 5.32 Å². The lowest BCUT2D eigenvalue weighted by Crippen LogP contribution is -2.21. The number of hydrogen-bond donors (Lipinski definition) is 1. The highest BCUT2D eigenvalue weighted by molar-refractivity contribution is 5.82. The highest BCUT2D eigenvalue weighted by atomic mass is 16.3. The predicted molar refractivity (Wildman–Crippen MR) is 81.6 cm³/mol. The first-order chi connectivity index (χ1) is 9.02. The summed E-state index contributed by atoms with van der Waals surface area (Å²) in [4.78, 5) is 0. The minimum Gasteiger partial charge on any atom is -0.459 e. The van der Waals surface area contributed by atoms with Crippen molar-refractivity contribution in [1.29, 1.82) is 0 Å². The molecule has 0 aliphatic carbocycles. The van der Waals surface area contributed by atoms with Crippen LogP contribution in [-0.4, -0.2) is 6.04 Å². The summed E-state index contributed by atoms with van der Waals surface area (Å²) >= 11 is 0. The summed E-state index contributed by atoms with van der Waals surface area (Å²) in [6, 6.07) is 7.08. The van der Waals surface area contributed by atoms with Crippen LogP contribution in [0.2, 0.25) is 0 Å². The van der Waals surface area contributed by atoms with E-state index in [1.165, 1.54) is 22.9 Å². The van der Waals surface area contributed by atoms with E-state index < -0.39 is 0 Å². The molecule has 0 radical (unpaired) electrons. The Kier molecular flexibility index (Phi) is 4.31. The van der Waals surface area contributed by atoms with Crippen molar-refractivity contribution in [3.8, 4) is 0 Å². The van der Waals surface area contributed by atoms with E-state index >= 15 is 0 Å². The third-order valence-electron chi connectivity index (χ3n) is 3.91. The molecule has 1 atom stereocenters. The van der Waals surface area contributed by atoms with Gasteiger partial charge in [0.2, 0.25) is 0 Å². The van der Waals surface area contributed by atoms with Gasteiger partial charge in [0.15, 0.2) is 0 Å². The van der Waals surface area contributed by atoms with E-state index in [1.54, 1.807) is 0 Å². The second kappa shape index (κ2) is 5.79. The van der Waals surface area contributed by atoms with Gasteiger partial charge in [0.1, 0.15) is 11.3 Å². The molecule has 1 N–H and O–H groups in total. The molecule has 2 nitrogen and oxygen atoms in total. The van der Waals surface area contributed by atoms with Gasteiger partial charge in [0, 0.05) is 11.4 Å². The maximum Gasteiger partial charge on any atom is 0.134 e. The quantitative estimate of drug-likeness (QED) is 0.838. The zero-order chi connectivity index (χ0) is 14.0. The zero-order valence-corrected chi connectivity index (χ0v) is 12.7. The molecule has 0 spiro atoms. The molecule has 1 unspecified atom stereocenters. The highest BCUT2D eigenvalue weighted by Crippen LogP contribution is 2.29. The van der Waals surface area contributed by atoms with Crippen molar-refractivity contribution in [3.63, 3.8) is 0 Å². The highest BCUT2D eigenvalue weighted by Gasteiger charge is 2.12. The minimum absolute atomic E-state index is 0.475. The summed E-state index contributed by atoms with van der Waals surface area (Å²) in [5, 5.41) is 4.68. The van der Waals surface area contributed by atoms with Crippen molar-refractivity contribution in [2.75, 3.05) is 0 Å². The molecule has 1 aromatic carbocycles. The Morgan fingerprint density at radius 1 is 1.21 bits per heavy atom. The van der Waals surface area contributed by atoms with Crippen LogP contribution in [0.3, 0.4) is 0 Å². The van der Waals surface area contributed by atoms with Crippen LogP contribution in [0.5, 0.6) is 0 Å². The fraction of sp³-hybridized carbons (Fsp3) is 0.529. The van der Waals surface area contributed by atoms with Crippen LogP contribution in [0.1, 0.15) is 56.9 Å². The van der Waals surface area contributed by atoms with Crippen LogP contribution in [0.25, 0.3) is 11.0 Å². The standard InChI is InChI=1S/C17H25NO/c1-6-12(4)14-7-8-16-15(9-14)13(5)17(19-16)10-18-11(2)3/h7-9,11-12,18H,6,10H2,1-5H3. The van der Waals surface area contributed by atoms with Gasteiger partial charge in [-0.05, 0) is 42.5 Å². The Labute approximate surface area is 116 Å². The Bertz CT molecular complexity index is 554. The molecule has 0 saturated carbocycles. The lowest BCUT2D eigenvalue weighted by atomic mass is 9.97. The molecule has 2 aromatic rings. The van der Waals surface area contributed by atoms with Crippen molar-refractivity contribution in [2.24, 2.45) is 0 Å². The Hall–Kier alpha value is -1.28. The van der Waals surface area contributed by atoms with Crippen LogP contribution in [-0.2, 0) is 6.54 Å². The van der Waals surface area contributed by atoms with Gasteiger partial charge in [-0.25, -0.2) is 0 Å². The fourth-order valence-corrected chi connectivity index (χ4v) is 2.30. The molecule has 0 aliphatic rings. The number of furan rings is 1. The predicted octanol–water partition coefficient (Wildman–Crippen LogP) is 4.75. The molecule has 0 fully saturated rings. The minimum atomic E-state index is 0.475. The summed E-state index contributed by atoms with van der Waals surface area (Å²) in [5.74, 6) is 1.67. The first kappa shape index (κ1) is 14.1. The second-order valence-electron chi connectivity index (χ2n) is 5.75. The SMILES string of the molecule is CCC(C)c1ccc2oc(CNC(C)C)c(C)c2c1. The maximum atomic E-state index is 5.96. The molecule has 2 rings (SSSR count). The molecular formula is C17H25NO. The summed E-state index contributed by atoms with van der Waals surface area (Å²) < 4.78 is 5.96. The van der Waals surface area contributed by atoms with Crippen LogP contribution < -0.4 is 5.32 Å². The molecule has 0 amide bonds. The van der Waals surface area contributed by atoms with Gasteiger partial charge in [-0.3, -0.25) is 0 Å². The van der Waals surface area contributed by atoms with Crippen LogP contribution in [0.15, 0.2) is 22.6 Å². The topological polar surface area (TPSA) is 25.2 Å². The first-order valence-corrected chi connectivity index (χ1v) is 7.28. The van der Waals surface area contributed by atoms with Crippen molar-refractivity contribution in [3.05, 3.63) is 35.1 Å². The van der Waals surface area contributed by atoms with Crippen LogP contribution >= 0.6 is 0 Å². The van der Waals surface area contributed by atoms with Gasteiger partial charge in [0.25, 0.3) is 0 Å². The monoisotopic (exact) mass is 259 g/mol. The molecule has 19 heavy (non-hydrogen) atoms. The average molecular weight is 259 g/mol. The van der Waals surface area contributed by atoms with Gasteiger partial charge < -0.3 is 9.73 Å². The summed E-state index contributed by atoms with van der Waals surface area (Å²) in [6.45, 7) is 11.8. The molecule has 0 aliphatic heterocycles. The van der Waals surface area contributed by atoms with Crippen LogP contribution in [0, 0.1) is 6.92 Å². The normalized spacial score (nSPS) is 13.4. The van der Waals surface area contributed by atoms with Gasteiger partial charge in [-0.15, -0.1) is 0 Å². The first-order valence-electron chi connectivity index (χ1n) is 7.28. The molecule has 0 bridgehead atoms. The van der Waals surface area contributed by atoms with Crippen molar-refractivity contribution >= 4 is 11.0 Å². The number of rotatable bonds is 5. The van der Waals surface area contributed by atoms with Gasteiger partial charge in [0.05, 0.1) is 6.54 Å². The third-order valence-corrected chi connectivity index (χ3v) is 3.91. The third kappa shape index (κ3) is 3.01. The number of fused-ring (bicyclic) bond motifs is 1. The lowest BCUT2D eigenvalue weighted by molar-refractivity contribution is 0.485. The van der Waals surface area contributed by atoms with Gasteiger partial charge in [-0.2, -0.15) is 0 Å². The summed E-state index contributed by atoms with van der Waals surface area (Å²) in [6.07, 6.45) is 1.17. The van der Waals surface area contributed by atoms with E-state index in [2.05, 4.69) is 58.1 Å². The van der Waals surface area contributed by atoms with E-state index in [0.717, 1.165) is 17.9 Å². The molecular weight excluding hydrogens is 234 g/mol. The van der Waals surface area contributed by atoms with Crippen molar-refractivity contribution < 1.29 is 4.42 Å². The lowest BCUT2D eigenvalue weighted by Gasteiger charge is -2.08. The average Bonchev–Trinajstić information content (AvgIpc) is 2.72. The van der Waals surface area contributed by atoms with E-state index in [-0.39, 0.29) is 0 Å². The summed E-state index contributed by atoms with van der Waals surface area (Å²) in [5.41, 5.74) is 3.68. The maximum absolute atomic E-state index is 5.96. The van der Waals surface area contributed by atoms with Crippen LogP contribution in [0.4, 0.5) is 0 Å². The molecule has 104 valence electrons. The summed E-state index contributed by atoms with van der Waals surface area (Å²) in [7, 11) is 0. The fourth-order valence-electron chi connectivity index (χ4n) is 2.30. The van der Waals surface area contributed by atoms with Crippen molar-refractivity contribution in [2.45, 2.75) is 59.5 Å².